The van der Waals surface area contributed by atoms with Crippen LogP contribution in [-0.4, -0.2) is 49.9 Å². The summed E-state index contributed by atoms with van der Waals surface area (Å²) in [6.07, 6.45) is 3.40. The molecule has 0 saturated carbocycles. The molecule has 0 aliphatic carbocycles. The van der Waals surface area contributed by atoms with Crippen molar-refractivity contribution in [3.8, 4) is 0 Å². The number of piperazine rings is 1. The van der Waals surface area contributed by atoms with E-state index in [9.17, 15) is 9.59 Å². The third-order valence-corrected chi connectivity index (χ3v) is 4.70. The fourth-order valence-corrected chi connectivity index (χ4v) is 3.29. The zero-order valence-corrected chi connectivity index (χ0v) is 13.0. The number of rotatable bonds is 3. The highest BCUT2D eigenvalue weighted by Crippen LogP contribution is 2.27. The van der Waals surface area contributed by atoms with Gasteiger partial charge in [-0.25, -0.2) is 0 Å². The number of para-hydroxylation sites is 1. The maximum Gasteiger partial charge on any atom is 0.248 e. The highest BCUT2D eigenvalue weighted by Gasteiger charge is 2.29. The fourth-order valence-electron chi connectivity index (χ4n) is 3.29. The minimum atomic E-state index is -0.132. The number of carbonyl (C=O) groups excluding carboxylic acids is 2. The largest absolute Gasteiger partial charge is 0.353 e. The Morgan fingerprint density at radius 3 is 2.41 bits per heavy atom. The third kappa shape index (κ3) is 3.14. The zero-order chi connectivity index (χ0) is 15.5. The molecule has 2 saturated heterocycles. The molecule has 5 nitrogen and oxygen atoms in total. The number of likely N-dealkylation sites (N-methyl/N-ethyl adjacent to an activating group) is 1. The highest BCUT2D eigenvalue weighted by atomic mass is 16.2. The number of amides is 2. The van der Waals surface area contributed by atoms with Crippen LogP contribution in [0.15, 0.2) is 24.3 Å². The van der Waals surface area contributed by atoms with Crippen LogP contribution in [0.2, 0.25) is 0 Å². The summed E-state index contributed by atoms with van der Waals surface area (Å²) in [5.74, 6) is 0.419. The predicted octanol–water partition coefficient (Wildman–Crippen LogP) is 1.03. The average Bonchev–Trinajstić information content (AvgIpc) is 2.54. The van der Waals surface area contributed by atoms with Gasteiger partial charge in [-0.3, -0.25) is 14.5 Å². The Hall–Kier alpha value is -1.88. The summed E-state index contributed by atoms with van der Waals surface area (Å²) in [6, 6.07) is 8.18. The van der Waals surface area contributed by atoms with E-state index in [0.717, 1.165) is 25.2 Å². The molecule has 5 heteroatoms. The van der Waals surface area contributed by atoms with Gasteiger partial charge in [-0.15, -0.1) is 0 Å². The van der Waals surface area contributed by atoms with Crippen molar-refractivity contribution >= 4 is 17.5 Å². The first-order valence-corrected chi connectivity index (χ1v) is 7.98. The van der Waals surface area contributed by atoms with Crippen molar-refractivity contribution in [2.45, 2.75) is 19.3 Å². The third-order valence-electron chi connectivity index (χ3n) is 4.70. The molecule has 2 heterocycles. The molecule has 0 atom stereocenters. The number of benzene rings is 1. The summed E-state index contributed by atoms with van der Waals surface area (Å²) in [5, 5.41) is 3.39. The molecule has 2 fully saturated rings. The second-order valence-electron chi connectivity index (χ2n) is 6.23. The Bertz CT molecular complexity index is 549. The van der Waals surface area contributed by atoms with Gasteiger partial charge in [-0.2, -0.15) is 0 Å². The molecule has 118 valence electrons. The molecule has 3 rings (SSSR count). The van der Waals surface area contributed by atoms with Crippen molar-refractivity contribution in [2.24, 2.45) is 5.92 Å². The van der Waals surface area contributed by atoms with Gasteiger partial charge in [-0.05, 0) is 49.9 Å². The molecule has 1 aromatic rings. The normalized spacial score (nSPS) is 20.6. The van der Waals surface area contributed by atoms with Crippen LogP contribution in [0.5, 0.6) is 0 Å². The van der Waals surface area contributed by atoms with Crippen LogP contribution in [0.1, 0.15) is 18.4 Å². The van der Waals surface area contributed by atoms with Crippen LogP contribution in [0.3, 0.4) is 0 Å². The van der Waals surface area contributed by atoms with Crippen LogP contribution in [0.4, 0.5) is 5.69 Å². The standard InChI is InChI=1S/C17H23N3O2/c1-19-16(21)11-20(12-17(19)22)15-5-3-2-4-14(15)10-13-6-8-18-9-7-13/h2-5,13,18H,6-12H2,1H3. The summed E-state index contributed by atoms with van der Waals surface area (Å²) < 4.78 is 0. The lowest BCUT2D eigenvalue weighted by Crippen LogP contribution is -2.52. The van der Waals surface area contributed by atoms with Crippen LogP contribution < -0.4 is 10.2 Å². The summed E-state index contributed by atoms with van der Waals surface area (Å²) in [5.41, 5.74) is 2.29. The van der Waals surface area contributed by atoms with Crippen molar-refractivity contribution < 1.29 is 9.59 Å². The Labute approximate surface area is 131 Å². The first-order chi connectivity index (χ1) is 10.6. The Balaban J connectivity index is 1.78. The van der Waals surface area contributed by atoms with E-state index in [-0.39, 0.29) is 24.9 Å². The molecule has 1 aromatic carbocycles. The number of carbonyl (C=O) groups is 2. The van der Waals surface area contributed by atoms with Crippen LogP contribution in [0.25, 0.3) is 0 Å². The van der Waals surface area contributed by atoms with E-state index in [4.69, 9.17) is 0 Å². The maximum absolute atomic E-state index is 11.9. The fraction of sp³-hybridized carbons (Fsp3) is 0.529. The quantitative estimate of drug-likeness (QED) is 0.848. The van der Waals surface area contributed by atoms with E-state index in [2.05, 4.69) is 11.4 Å². The number of hydrogen-bond acceptors (Lipinski definition) is 4. The molecular weight excluding hydrogens is 278 g/mol. The van der Waals surface area contributed by atoms with Crippen LogP contribution in [-0.2, 0) is 16.0 Å². The molecule has 0 aromatic heterocycles. The molecule has 2 aliphatic heterocycles. The van der Waals surface area contributed by atoms with Gasteiger partial charge < -0.3 is 10.2 Å². The molecule has 2 amide bonds. The van der Waals surface area contributed by atoms with Gasteiger partial charge in [0, 0.05) is 12.7 Å². The Kier molecular flexibility index (Phi) is 4.43. The van der Waals surface area contributed by atoms with Gasteiger partial charge in [0.2, 0.25) is 11.8 Å². The van der Waals surface area contributed by atoms with Gasteiger partial charge >= 0.3 is 0 Å². The van der Waals surface area contributed by atoms with Gasteiger partial charge in [0.25, 0.3) is 0 Å². The highest BCUT2D eigenvalue weighted by molar-refractivity contribution is 6.02. The van der Waals surface area contributed by atoms with E-state index < -0.39 is 0 Å². The summed E-state index contributed by atoms with van der Waals surface area (Å²) in [7, 11) is 1.56. The SMILES string of the molecule is CN1C(=O)CN(c2ccccc2CC2CCNCC2)CC1=O. The summed E-state index contributed by atoms with van der Waals surface area (Å²) in [6.45, 7) is 2.73. The molecule has 2 aliphatic rings. The lowest BCUT2D eigenvalue weighted by atomic mass is 9.90. The zero-order valence-electron chi connectivity index (χ0n) is 13.0. The second kappa shape index (κ2) is 6.48. The number of nitrogens with one attached hydrogen (secondary N) is 1. The van der Waals surface area contributed by atoms with E-state index in [0.29, 0.717) is 5.92 Å². The van der Waals surface area contributed by atoms with Gasteiger partial charge in [-0.1, -0.05) is 18.2 Å². The molecule has 0 bridgehead atoms. The maximum atomic E-state index is 11.9. The molecule has 0 unspecified atom stereocenters. The van der Waals surface area contributed by atoms with Crippen molar-refractivity contribution in [1.82, 2.24) is 10.2 Å². The van der Waals surface area contributed by atoms with Crippen molar-refractivity contribution in [3.63, 3.8) is 0 Å². The predicted molar refractivity (Wildman–Crippen MR) is 85.7 cm³/mol. The summed E-state index contributed by atoms with van der Waals surface area (Å²) in [4.78, 5) is 27.0. The minimum absolute atomic E-state index is 0.132. The smallest absolute Gasteiger partial charge is 0.248 e. The lowest BCUT2D eigenvalue weighted by molar-refractivity contribution is -0.143. The lowest BCUT2D eigenvalue weighted by Gasteiger charge is -2.34. The van der Waals surface area contributed by atoms with E-state index in [1.165, 1.54) is 23.3 Å². The van der Waals surface area contributed by atoms with Crippen molar-refractivity contribution in [1.29, 1.82) is 0 Å². The van der Waals surface area contributed by atoms with Crippen LogP contribution in [0, 0.1) is 5.92 Å². The monoisotopic (exact) mass is 301 g/mol. The molecule has 0 spiro atoms. The summed E-state index contributed by atoms with van der Waals surface area (Å²) >= 11 is 0. The number of anilines is 1. The minimum Gasteiger partial charge on any atom is -0.353 e. The Morgan fingerprint density at radius 2 is 1.73 bits per heavy atom. The number of hydrogen-bond donors (Lipinski definition) is 1. The topological polar surface area (TPSA) is 52.7 Å². The average molecular weight is 301 g/mol. The van der Waals surface area contributed by atoms with E-state index >= 15 is 0 Å². The molecule has 0 radical (unpaired) electrons. The number of imide groups is 1. The van der Waals surface area contributed by atoms with Gasteiger partial charge in [0.1, 0.15) is 0 Å². The number of piperidine rings is 1. The number of nitrogens with zero attached hydrogens (tertiary/aromatic N) is 2. The van der Waals surface area contributed by atoms with Crippen molar-refractivity contribution in [2.75, 3.05) is 38.1 Å². The van der Waals surface area contributed by atoms with E-state index in [1.54, 1.807) is 7.05 Å². The molecule has 22 heavy (non-hydrogen) atoms. The van der Waals surface area contributed by atoms with Crippen molar-refractivity contribution in [3.05, 3.63) is 29.8 Å². The molecule has 1 N–H and O–H groups in total. The first-order valence-electron chi connectivity index (χ1n) is 7.98. The second-order valence-corrected chi connectivity index (χ2v) is 6.23. The van der Waals surface area contributed by atoms with Crippen LogP contribution >= 0.6 is 0 Å². The molecular formula is C17H23N3O2. The van der Waals surface area contributed by atoms with E-state index in [1.807, 2.05) is 23.1 Å². The Morgan fingerprint density at radius 1 is 1.09 bits per heavy atom. The van der Waals surface area contributed by atoms with Gasteiger partial charge in [0.05, 0.1) is 13.1 Å². The van der Waals surface area contributed by atoms with Gasteiger partial charge in [0.15, 0.2) is 0 Å². The first kappa shape index (κ1) is 15.0.